The number of ether oxygens (including phenoxy) is 1. The van der Waals surface area contributed by atoms with Crippen molar-refractivity contribution in [3.63, 3.8) is 0 Å². The molecule has 7 heteroatoms. The average molecular weight is 447 g/mol. The van der Waals surface area contributed by atoms with Gasteiger partial charge in [-0.15, -0.1) is 0 Å². The lowest BCUT2D eigenvalue weighted by molar-refractivity contribution is -0.144. The lowest BCUT2D eigenvalue weighted by Crippen LogP contribution is -2.46. The van der Waals surface area contributed by atoms with Crippen LogP contribution in [0.15, 0.2) is 24.3 Å². The number of carbonyl (C=O) groups is 3. The Balaban J connectivity index is 1.61. The third kappa shape index (κ3) is 4.37. The van der Waals surface area contributed by atoms with E-state index in [9.17, 15) is 14.4 Å². The van der Waals surface area contributed by atoms with Crippen LogP contribution in [-0.2, 0) is 24.5 Å². The molecule has 3 amide bonds. The summed E-state index contributed by atoms with van der Waals surface area (Å²) in [5.74, 6) is -0.625. The zero-order chi connectivity index (χ0) is 22.0. The SMILES string of the molecule is CN(CC1CCCCO1)C(=O)CC1(c2ccccc2Cl)CC(=O)N(C2CCCC2)C1=O. The van der Waals surface area contributed by atoms with E-state index in [0.29, 0.717) is 17.1 Å². The molecule has 2 unspecified atom stereocenters. The van der Waals surface area contributed by atoms with Gasteiger partial charge in [0.1, 0.15) is 0 Å². The molecule has 2 heterocycles. The Kier molecular flexibility index (Phi) is 6.68. The number of nitrogens with zero attached hydrogens (tertiary/aromatic N) is 2. The van der Waals surface area contributed by atoms with Crippen molar-refractivity contribution in [3.8, 4) is 0 Å². The zero-order valence-electron chi connectivity index (χ0n) is 18.1. The van der Waals surface area contributed by atoms with E-state index in [1.165, 1.54) is 4.90 Å². The minimum Gasteiger partial charge on any atom is -0.376 e. The van der Waals surface area contributed by atoms with Gasteiger partial charge < -0.3 is 9.64 Å². The maximum Gasteiger partial charge on any atom is 0.241 e. The van der Waals surface area contributed by atoms with Gasteiger partial charge in [0.25, 0.3) is 0 Å². The van der Waals surface area contributed by atoms with E-state index in [2.05, 4.69) is 0 Å². The molecule has 1 aromatic rings. The Morgan fingerprint density at radius 2 is 1.87 bits per heavy atom. The van der Waals surface area contributed by atoms with Crippen LogP contribution < -0.4 is 0 Å². The summed E-state index contributed by atoms with van der Waals surface area (Å²) < 4.78 is 5.78. The number of likely N-dealkylation sites (tertiary alicyclic amines) is 1. The van der Waals surface area contributed by atoms with Gasteiger partial charge in [-0.05, 0) is 43.7 Å². The number of hydrogen-bond donors (Lipinski definition) is 0. The molecule has 1 aliphatic carbocycles. The van der Waals surface area contributed by atoms with E-state index in [1.54, 1.807) is 30.1 Å². The minimum atomic E-state index is -1.24. The highest BCUT2D eigenvalue weighted by molar-refractivity contribution is 6.32. The second-order valence-corrected chi connectivity index (χ2v) is 9.59. The van der Waals surface area contributed by atoms with Crippen molar-refractivity contribution in [3.05, 3.63) is 34.9 Å². The molecular weight excluding hydrogens is 416 g/mol. The molecule has 6 nitrogen and oxygen atoms in total. The van der Waals surface area contributed by atoms with E-state index >= 15 is 0 Å². The van der Waals surface area contributed by atoms with Crippen LogP contribution in [0.1, 0.15) is 63.4 Å². The van der Waals surface area contributed by atoms with Crippen molar-refractivity contribution in [2.24, 2.45) is 0 Å². The van der Waals surface area contributed by atoms with Crippen molar-refractivity contribution in [1.29, 1.82) is 0 Å². The van der Waals surface area contributed by atoms with Gasteiger partial charge in [0.2, 0.25) is 17.7 Å². The Morgan fingerprint density at radius 1 is 1.16 bits per heavy atom. The normalized spacial score (nSPS) is 27.2. The number of halogens is 1. The highest BCUT2D eigenvalue weighted by atomic mass is 35.5. The highest BCUT2D eigenvalue weighted by Gasteiger charge is 2.56. The maximum absolute atomic E-state index is 13.8. The third-order valence-electron chi connectivity index (χ3n) is 7.06. The first-order chi connectivity index (χ1) is 14.9. The first kappa shape index (κ1) is 22.3. The summed E-state index contributed by atoms with van der Waals surface area (Å²) in [7, 11) is 1.75. The van der Waals surface area contributed by atoms with Gasteiger partial charge in [-0.1, -0.05) is 42.6 Å². The molecule has 0 aromatic heterocycles. The van der Waals surface area contributed by atoms with Gasteiger partial charge in [-0.2, -0.15) is 0 Å². The molecule has 4 rings (SSSR count). The van der Waals surface area contributed by atoms with Crippen LogP contribution in [-0.4, -0.2) is 59.9 Å². The third-order valence-corrected chi connectivity index (χ3v) is 7.39. The number of rotatable bonds is 6. The molecule has 2 saturated heterocycles. The van der Waals surface area contributed by atoms with Gasteiger partial charge in [0.05, 0.1) is 11.5 Å². The molecule has 0 N–H and O–H groups in total. The second kappa shape index (κ2) is 9.29. The summed E-state index contributed by atoms with van der Waals surface area (Å²) in [6.07, 6.45) is 6.74. The number of amides is 3. The molecule has 0 bridgehead atoms. The molecule has 2 atom stereocenters. The lowest BCUT2D eigenvalue weighted by atomic mass is 9.75. The quantitative estimate of drug-likeness (QED) is 0.625. The van der Waals surface area contributed by atoms with Crippen LogP contribution in [0.3, 0.4) is 0 Å². The fourth-order valence-corrected chi connectivity index (χ4v) is 5.66. The monoisotopic (exact) mass is 446 g/mol. The molecule has 0 radical (unpaired) electrons. The molecule has 1 saturated carbocycles. The Hall–Kier alpha value is -1.92. The maximum atomic E-state index is 13.8. The van der Waals surface area contributed by atoms with E-state index in [-0.39, 0.29) is 42.7 Å². The summed E-state index contributed by atoms with van der Waals surface area (Å²) >= 11 is 6.51. The fourth-order valence-electron chi connectivity index (χ4n) is 5.34. The number of carbonyl (C=O) groups excluding carboxylic acids is 3. The minimum absolute atomic E-state index is 0.00836. The van der Waals surface area contributed by atoms with Gasteiger partial charge in [0, 0.05) is 44.1 Å². The molecule has 31 heavy (non-hydrogen) atoms. The number of benzene rings is 1. The van der Waals surface area contributed by atoms with Crippen LogP contribution in [0.25, 0.3) is 0 Å². The van der Waals surface area contributed by atoms with E-state index in [1.807, 2.05) is 6.07 Å². The molecule has 168 valence electrons. The lowest BCUT2D eigenvalue weighted by Gasteiger charge is -2.32. The first-order valence-electron chi connectivity index (χ1n) is 11.4. The summed E-state index contributed by atoms with van der Waals surface area (Å²) in [4.78, 5) is 43.2. The Morgan fingerprint density at radius 3 is 2.55 bits per heavy atom. The van der Waals surface area contributed by atoms with E-state index < -0.39 is 5.41 Å². The van der Waals surface area contributed by atoms with Crippen molar-refractivity contribution in [1.82, 2.24) is 9.80 Å². The first-order valence-corrected chi connectivity index (χ1v) is 11.8. The van der Waals surface area contributed by atoms with Crippen molar-refractivity contribution in [2.75, 3.05) is 20.2 Å². The van der Waals surface area contributed by atoms with E-state index in [4.69, 9.17) is 16.3 Å². The predicted octanol–water partition coefficient (Wildman–Crippen LogP) is 3.70. The van der Waals surface area contributed by atoms with Crippen molar-refractivity contribution < 1.29 is 19.1 Å². The average Bonchev–Trinajstić information content (AvgIpc) is 3.36. The largest absolute Gasteiger partial charge is 0.376 e. The molecule has 1 aromatic carbocycles. The topological polar surface area (TPSA) is 66.9 Å². The Labute approximate surface area is 188 Å². The summed E-state index contributed by atoms with van der Waals surface area (Å²) in [5.41, 5.74) is -0.664. The van der Waals surface area contributed by atoms with Gasteiger partial charge in [-0.3, -0.25) is 19.3 Å². The summed E-state index contributed by atoms with van der Waals surface area (Å²) in [5, 5.41) is 0.419. The van der Waals surface area contributed by atoms with Gasteiger partial charge >= 0.3 is 0 Å². The number of likely N-dealkylation sites (N-methyl/N-ethyl adjacent to an activating group) is 1. The predicted molar refractivity (Wildman–Crippen MR) is 118 cm³/mol. The zero-order valence-corrected chi connectivity index (χ0v) is 18.9. The molecular formula is C24H31ClN2O4. The van der Waals surface area contributed by atoms with Gasteiger partial charge in [0.15, 0.2) is 0 Å². The highest BCUT2D eigenvalue weighted by Crippen LogP contribution is 2.45. The summed E-state index contributed by atoms with van der Waals surface area (Å²) in [6.45, 7) is 1.21. The van der Waals surface area contributed by atoms with E-state index in [0.717, 1.165) is 51.6 Å². The second-order valence-electron chi connectivity index (χ2n) is 9.19. The van der Waals surface area contributed by atoms with Crippen LogP contribution in [0.4, 0.5) is 0 Å². The fraction of sp³-hybridized carbons (Fsp3) is 0.625. The summed E-state index contributed by atoms with van der Waals surface area (Å²) in [6, 6.07) is 7.04. The van der Waals surface area contributed by atoms with Crippen LogP contribution in [0.2, 0.25) is 5.02 Å². The number of hydrogen-bond acceptors (Lipinski definition) is 4. The Bertz CT molecular complexity index is 848. The van der Waals surface area contributed by atoms with Crippen LogP contribution in [0.5, 0.6) is 0 Å². The van der Waals surface area contributed by atoms with Crippen molar-refractivity contribution >= 4 is 29.3 Å². The molecule has 3 aliphatic rings. The number of imide groups is 1. The van der Waals surface area contributed by atoms with Crippen LogP contribution in [0, 0.1) is 0 Å². The molecule has 2 aliphatic heterocycles. The molecule has 0 spiro atoms. The van der Waals surface area contributed by atoms with Crippen molar-refractivity contribution in [2.45, 2.75) is 75.3 Å². The standard InChI is InChI=1S/C24H31ClN2O4/c1-26(16-18-10-6-7-13-31-18)21(28)14-24(19-11-4-5-12-20(19)25)15-22(29)27(23(24)30)17-8-2-3-9-17/h4-5,11-12,17-18H,2-3,6-10,13-16H2,1H3. The smallest absolute Gasteiger partial charge is 0.241 e. The van der Waals surface area contributed by atoms with Gasteiger partial charge in [-0.25, -0.2) is 0 Å². The molecule has 3 fully saturated rings. The van der Waals surface area contributed by atoms with Crippen LogP contribution >= 0.6 is 11.6 Å².